The van der Waals surface area contributed by atoms with E-state index in [2.05, 4.69) is 25.1 Å². The fourth-order valence-electron chi connectivity index (χ4n) is 4.13. The third-order valence-corrected chi connectivity index (χ3v) is 5.91. The number of fused-ring (bicyclic) bond motifs is 2. The normalized spacial score (nSPS) is 13.6. The Bertz CT molecular complexity index is 1620. The van der Waals surface area contributed by atoms with Gasteiger partial charge >= 0.3 is 6.61 Å². The van der Waals surface area contributed by atoms with Gasteiger partial charge in [0.1, 0.15) is 5.75 Å². The van der Waals surface area contributed by atoms with Crippen molar-refractivity contribution in [1.29, 1.82) is 0 Å². The lowest BCUT2D eigenvalue weighted by Crippen LogP contribution is -2.21. The second-order valence-corrected chi connectivity index (χ2v) is 8.54. The molecule has 1 N–H and O–H groups in total. The lowest BCUT2D eigenvalue weighted by molar-refractivity contribution is -0.0498. The monoisotopic (exact) mass is 474 g/mol. The van der Waals surface area contributed by atoms with Crippen LogP contribution in [0.25, 0.3) is 38.6 Å². The molecular weight excluding hydrogens is 454 g/mol. The van der Waals surface area contributed by atoms with Crippen molar-refractivity contribution in [1.82, 2.24) is 24.3 Å². The van der Waals surface area contributed by atoms with Gasteiger partial charge in [0.05, 0.1) is 16.6 Å². The van der Waals surface area contributed by atoms with Crippen LogP contribution in [0.15, 0.2) is 65.8 Å². The standard InChI is InChI=1S/C25H20F2N6O2/c1-32-12-15-10-18(6-9-20(15)31-32)33-13-16-11-28-25(29-17-4-5-17)30-22(16)21(23(33)34)14-2-7-19(8-3-14)35-24(26)27/h2-3,6-13,17,24H,4-5H2,1H3,(H,29,30). The minimum atomic E-state index is -2.93. The van der Waals surface area contributed by atoms with Crippen LogP contribution >= 0.6 is 0 Å². The van der Waals surface area contributed by atoms with Gasteiger partial charge in [-0.3, -0.25) is 14.0 Å². The summed E-state index contributed by atoms with van der Waals surface area (Å²) in [6.07, 6.45) is 7.39. The number of nitrogens with zero attached hydrogens (tertiary/aromatic N) is 5. The maximum Gasteiger partial charge on any atom is 0.387 e. The molecule has 0 bridgehead atoms. The van der Waals surface area contributed by atoms with E-state index in [0.29, 0.717) is 39.7 Å². The fourth-order valence-corrected chi connectivity index (χ4v) is 4.13. The predicted octanol–water partition coefficient (Wildman–Crippen LogP) is 4.51. The highest BCUT2D eigenvalue weighted by Gasteiger charge is 2.23. The maximum atomic E-state index is 13.8. The molecule has 0 radical (unpaired) electrons. The first-order chi connectivity index (χ1) is 16.9. The third-order valence-electron chi connectivity index (χ3n) is 5.91. The summed E-state index contributed by atoms with van der Waals surface area (Å²) < 4.78 is 33.0. The van der Waals surface area contributed by atoms with Gasteiger partial charge in [-0.1, -0.05) is 12.1 Å². The Labute approximate surface area is 197 Å². The topological polar surface area (TPSA) is 86.9 Å². The van der Waals surface area contributed by atoms with Crippen LogP contribution in [0.5, 0.6) is 5.75 Å². The molecule has 1 fully saturated rings. The van der Waals surface area contributed by atoms with Gasteiger partial charge < -0.3 is 10.1 Å². The van der Waals surface area contributed by atoms with Crippen LogP contribution in [0, 0.1) is 0 Å². The molecule has 8 nitrogen and oxygen atoms in total. The average Bonchev–Trinajstić information content (AvgIpc) is 3.56. The van der Waals surface area contributed by atoms with Crippen molar-refractivity contribution in [2.24, 2.45) is 7.05 Å². The van der Waals surface area contributed by atoms with Gasteiger partial charge in [-0.25, -0.2) is 9.97 Å². The minimum Gasteiger partial charge on any atom is -0.435 e. The summed E-state index contributed by atoms with van der Waals surface area (Å²) >= 11 is 0. The van der Waals surface area contributed by atoms with Gasteiger partial charge in [-0.05, 0) is 48.7 Å². The second kappa shape index (κ2) is 8.15. The van der Waals surface area contributed by atoms with Crippen molar-refractivity contribution >= 4 is 27.8 Å². The summed E-state index contributed by atoms with van der Waals surface area (Å²) in [5.41, 5.74) is 2.55. The number of nitrogens with one attached hydrogen (secondary N) is 1. The van der Waals surface area contributed by atoms with Crippen molar-refractivity contribution in [3.8, 4) is 22.6 Å². The van der Waals surface area contributed by atoms with Crippen LogP contribution < -0.4 is 15.6 Å². The van der Waals surface area contributed by atoms with E-state index >= 15 is 0 Å². The molecular formula is C25H20F2N6O2. The molecule has 1 aliphatic rings. The molecule has 176 valence electrons. The van der Waals surface area contributed by atoms with Gasteiger partial charge in [-0.15, -0.1) is 0 Å². The number of ether oxygens (including phenoxy) is 1. The lowest BCUT2D eigenvalue weighted by Gasteiger charge is -2.13. The molecule has 6 rings (SSSR count). The molecule has 0 atom stereocenters. The summed E-state index contributed by atoms with van der Waals surface area (Å²) in [4.78, 5) is 22.9. The zero-order valence-corrected chi connectivity index (χ0v) is 18.7. The van der Waals surface area contributed by atoms with E-state index in [-0.39, 0.29) is 11.3 Å². The van der Waals surface area contributed by atoms with E-state index in [1.54, 1.807) is 33.8 Å². The maximum absolute atomic E-state index is 13.8. The van der Waals surface area contributed by atoms with E-state index in [4.69, 9.17) is 0 Å². The van der Waals surface area contributed by atoms with Gasteiger partial charge in [0.2, 0.25) is 5.95 Å². The summed E-state index contributed by atoms with van der Waals surface area (Å²) in [5, 5.41) is 9.21. The SMILES string of the molecule is Cn1cc2cc(-n3cc4cnc(NC5CC5)nc4c(-c4ccc(OC(F)F)cc4)c3=O)ccc2n1. The van der Waals surface area contributed by atoms with E-state index in [1.807, 2.05) is 31.4 Å². The van der Waals surface area contributed by atoms with E-state index in [1.165, 1.54) is 12.1 Å². The highest BCUT2D eigenvalue weighted by atomic mass is 19.3. The van der Waals surface area contributed by atoms with Crippen molar-refractivity contribution < 1.29 is 13.5 Å². The van der Waals surface area contributed by atoms with E-state index in [9.17, 15) is 13.6 Å². The van der Waals surface area contributed by atoms with Crippen molar-refractivity contribution in [3.63, 3.8) is 0 Å². The number of rotatable bonds is 6. The molecule has 1 aliphatic carbocycles. The van der Waals surface area contributed by atoms with Crippen LogP contribution in [0.2, 0.25) is 0 Å². The Morgan fingerprint density at radius 1 is 1.09 bits per heavy atom. The molecule has 10 heteroatoms. The molecule has 3 aromatic heterocycles. The number of halogens is 2. The molecule has 1 saturated carbocycles. The Hall–Kier alpha value is -4.34. The number of benzene rings is 2. The first-order valence-corrected chi connectivity index (χ1v) is 11.1. The Morgan fingerprint density at radius 2 is 1.89 bits per heavy atom. The molecule has 0 aliphatic heterocycles. The van der Waals surface area contributed by atoms with Crippen LogP contribution in [-0.2, 0) is 7.05 Å². The van der Waals surface area contributed by atoms with Gasteiger partial charge in [0.15, 0.2) is 0 Å². The highest BCUT2D eigenvalue weighted by Crippen LogP contribution is 2.29. The summed E-state index contributed by atoms with van der Waals surface area (Å²) in [6, 6.07) is 11.9. The largest absolute Gasteiger partial charge is 0.435 e. The summed E-state index contributed by atoms with van der Waals surface area (Å²) in [6.45, 7) is -2.93. The summed E-state index contributed by atoms with van der Waals surface area (Å²) in [5.74, 6) is 0.463. The van der Waals surface area contributed by atoms with Gasteiger partial charge in [0.25, 0.3) is 5.56 Å². The smallest absolute Gasteiger partial charge is 0.387 e. The molecule has 35 heavy (non-hydrogen) atoms. The number of hydrogen-bond acceptors (Lipinski definition) is 6. The molecule has 3 heterocycles. The first kappa shape index (κ1) is 21.2. The van der Waals surface area contributed by atoms with E-state index in [0.717, 1.165) is 23.7 Å². The molecule has 0 amide bonds. The molecule has 0 saturated heterocycles. The van der Waals surface area contributed by atoms with Gasteiger partial charge in [0, 0.05) is 48.1 Å². The Morgan fingerprint density at radius 3 is 2.63 bits per heavy atom. The van der Waals surface area contributed by atoms with Crippen LogP contribution in [0.1, 0.15) is 12.8 Å². The van der Waals surface area contributed by atoms with E-state index < -0.39 is 6.61 Å². The second-order valence-electron chi connectivity index (χ2n) is 8.54. The fraction of sp³-hybridized carbons (Fsp3) is 0.200. The lowest BCUT2D eigenvalue weighted by atomic mass is 10.0. The molecule has 2 aromatic carbocycles. The minimum absolute atomic E-state index is 0.0112. The number of pyridine rings is 1. The van der Waals surface area contributed by atoms with Crippen LogP contribution in [0.3, 0.4) is 0 Å². The zero-order chi connectivity index (χ0) is 24.1. The average molecular weight is 474 g/mol. The number of alkyl halides is 2. The molecule has 0 unspecified atom stereocenters. The predicted molar refractivity (Wildman–Crippen MR) is 128 cm³/mol. The van der Waals surface area contributed by atoms with Crippen LogP contribution in [-0.4, -0.2) is 37.0 Å². The van der Waals surface area contributed by atoms with Crippen molar-refractivity contribution in [2.45, 2.75) is 25.5 Å². The summed E-state index contributed by atoms with van der Waals surface area (Å²) in [7, 11) is 1.84. The van der Waals surface area contributed by atoms with Crippen molar-refractivity contribution in [2.75, 3.05) is 5.32 Å². The van der Waals surface area contributed by atoms with Gasteiger partial charge in [-0.2, -0.15) is 13.9 Å². The van der Waals surface area contributed by atoms with Crippen LogP contribution in [0.4, 0.5) is 14.7 Å². The molecule has 5 aromatic rings. The first-order valence-electron chi connectivity index (χ1n) is 11.1. The number of aryl methyl sites for hydroxylation is 1. The Balaban J connectivity index is 1.55. The molecule has 0 spiro atoms. The zero-order valence-electron chi connectivity index (χ0n) is 18.7. The number of anilines is 1. The number of hydrogen-bond donors (Lipinski definition) is 1. The Kier molecular flexibility index (Phi) is 4.94. The highest BCUT2D eigenvalue weighted by molar-refractivity contribution is 5.93. The third kappa shape index (κ3) is 4.07. The quantitative estimate of drug-likeness (QED) is 0.390. The number of aromatic nitrogens is 5. The van der Waals surface area contributed by atoms with Crippen molar-refractivity contribution in [3.05, 3.63) is 71.4 Å².